The predicted octanol–water partition coefficient (Wildman–Crippen LogP) is 4.79. The lowest BCUT2D eigenvalue weighted by Gasteiger charge is -2.34. The molecule has 0 bridgehead atoms. The molecule has 0 saturated heterocycles. The normalized spacial score (nSPS) is 20.8. The van der Waals surface area contributed by atoms with Crippen molar-refractivity contribution in [3.63, 3.8) is 0 Å². The van der Waals surface area contributed by atoms with E-state index in [1.54, 1.807) is 24.3 Å². The van der Waals surface area contributed by atoms with Gasteiger partial charge in [-0.15, -0.1) is 0 Å². The first kappa shape index (κ1) is 17.7. The molecule has 1 aliphatic carbocycles. The molecule has 0 amide bonds. The molecule has 2 unspecified atom stereocenters. The number of aromatic hydroxyl groups is 1. The summed E-state index contributed by atoms with van der Waals surface area (Å²) in [5.41, 5.74) is 4.89. The number of carbonyl (C=O) groups excluding carboxylic acids is 1. The van der Waals surface area contributed by atoms with E-state index in [4.69, 9.17) is 4.52 Å². The van der Waals surface area contributed by atoms with Gasteiger partial charge < -0.3 is 14.9 Å². The van der Waals surface area contributed by atoms with Gasteiger partial charge >= 0.3 is 0 Å². The Morgan fingerprint density at radius 2 is 1.76 bits per heavy atom. The average molecular weight is 390 g/mol. The van der Waals surface area contributed by atoms with Gasteiger partial charge in [0.15, 0.2) is 5.78 Å². The Morgan fingerprint density at radius 1 is 1.07 bits per heavy atom. The maximum atomic E-state index is 13.5. The van der Waals surface area contributed by atoms with Crippen LogP contribution in [-0.4, -0.2) is 16.0 Å². The molecule has 2 heterocycles. The molecule has 2 aliphatic rings. The van der Waals surface area contributed by atoms with Crippen molar-refractivity contribution in [2.45, 2.75) is 31.6 Å². The second-order valence-electron chi connectivity index (χ2n) is 7.63. The zero-order valence-electron chi connectivity index (χ0n) is 15.8. The highest BCUT2D eigenvalue weighted by Crippen LogP contribution is 2.49. The second-order valence-corrected chi connectivity index (χ2v) is 7.63. The van der Waals surface area contributed by atoms with Gasteiger partial charge in [0.2, 0.25) is 5.88 Å². The van der Waals surface area contributed by atoms with Crippen LogP contribution in [0.5, 0.6) is 5.75 Å². The molecule has 0 fully saturated rings. The third kappa shape index (κ3) is 2.92. The number of phenolic OH excluding ortho intramolecular Hbond substituents is 1. The fourth-order valence-electron chi connectivity index (χ4n) is 4.44. The Labute approximate surface area is 166 Å². The van der Waals surface area contributed by atoms with E-state index in [0.29, 0.717) is 30.0 Å². The van der Waals surface area contributed by atoms with Crippen molar-refractivity contribution >= 4 is 11.7 Å². The maximum Gasteiger partial charge on any atom is 0.233 e. The third-order valence-electron chi connectivity index (χ3n) is 5.83. The van der Waals surface area contributed by atoms with E-state index >= 15 is 0 Å². The molecule has 0 spiro atoms. The van der Waals surface area contributed by atoms with E-state index in [0.717, 1.165) is 22.4 Å². The highest BCUT2D eigenvalue weighted by atomic mass is 19.1. The van der Waals surface area contributed by atoms with E-state index in [9.17, 15) is 14.3 Å². The van der Waals surface area contributed by atoms with Gasteiger partial charge in [-0.1, -0.05) is 29.4 Å². The first-order chi connectivity index (χ1) is 14.0. The van der Waals surface area contributed by atoms with Gasteiger partial charge in [-0.3, -0.25) is 4.79 Å². The summed E-state index contributed by atoms with van der Waals surface area (Å²) < 4.78 is 19.0. The van der Waals surface area contributed by atoms with Crippen molar-refractivity contribution in [1.82, 2.24) is 5.16 Å². The summed E-state index contributed by atoms with van der Waals surface area (Å²) in [5, 5.41) is 16.9. The third-order valence-corrected chi connectivity index (χ3v) is 5.83. The molecule has 2 N–H and O–H groups in total. The summed E-state index contributed by atoms with van der Waals surface area (Å²) >= 11 is 0. The van der Waals surface area contributed by atoms with Crippen molar-refractivity contribution in [3.8, 4) is 5.75 Å². The zero-order chi connectivity index (χ0) is 20.1. The number of ketones is 1. The topological polar surface area (TPSA) is 75.4 Å². The van der Waals surface area contributed by atoms with Crippen LogP contribution in [0.15, 0.2) is 64.3 Å². The highest BCUT2D eigenvalue weighted by molar-refractivity contribution is 6.01. The van der Waals surface area contributed by atoms with Gasteiger partial charge in [0.25, 0.3) is 0 Å². The number of nitrogens with one attached hydrogen (secondary N) is 1. The number of aromatic nitrogens is 1. The molecule has 1 aliphatic heterocycles. The van der Waals surface area contributed by atoms with Gasteiger partial charge in [-0.05, 0) is 54.7 Å². The fourth-order valence-corrected chi connectivity index (χ4v) is 4.44. The molecule has 3 aromatic rings. The minimum absolute atomic E-state index is 0.00814. The Balaban J connectivity index is 1.61. The summed E-state index contributed by atoms with van der Waals surface area (Å²) in [4.78, 5) is 13.3. The Bertz CT molecular complexity index is 1130. The average Bonchev–Trinajstić information content (AvgIpc) is 3.08. The van der Waals surface area contributed by atoms with Crippen LogP contribution in [0.2, 0.25) is 0 Å². The summed E-state index contributed by atoms with van der Waals surface area (Å²) in [6.45, 7) is 1.85. The highest BCUT2D eigenvalue weighted by Gasteiger charge is 2.41. The Kier molecular flexibility index (Phi) is 4.01. The predicted molar refractivity (Wildman–Crippen MR) is 105 cm³/mol. The number of aryl methyl sites for hydroxylation is 1. The quantitative estimate of drug-likeness (QED) is 0.658. The van der Waals surface area contributed by atoms with Crippen molar-refractivity contribution in [2.75, 3.05) is 5.32 Å². The fraction of sp³-hybridized carbons (Fsp3) is 0.217. The second kappa shape index (κ2) is 6.58. The maximum absolute atomic E-state index is 13.5. The number of nitrogens with zero attached hydrogens (tertiary/aromatic N) is 1. The summed E-state index contributed by atoms with van der Waals surface area (Å²) in [7, 11) is 0. The monoisotopic (exact) mass is 390 g/mol. The van der Waals surface area contributed by atoms with Gasteiger partial charge in [-0.25, -0.2) is 4.39 Å². The largest absolute Gasteiger partial charge is 0.508 e. The van der Waals surface area contributed by atoms with Crippen LogP contribution in [0.1, 0.15) is 47.1 Å². The number of carbonyl (C=O) groups is 1. The van der Waals surface area contributed by atoms with Crippen LogP contribution >= 0.6 is 0 Å². The lowest BCUT2D eigenvalue weighted by molar-refractivity contribution is -0.116. The van der Waals surface area contributed by atoms with E-state index in [1.165, 1.54) is 12.1 Å². The van der Waals surface area contributed by atoms with E-state index in [1.807, 2.05) is 19.1 Å². The van der Waals surface area contributed by atoms with Gasteiger partial charge in [0, 0.05) is 23.6 Å². The first-order valence-corrected chi connectivity index (χ1v) is 9.55. The van der Waals surface area contributed by atoms with E-state index < -0.39 is 0 Å². The van der Waals surface area contributed by atoms with Crippen LogP contribution in [-0.2, 0) is 4.79 Å². The van der Waals surface area contributed by atoms with Crippen LogP contribution in [0.25, 0.3) is 0 Å². The molecule has 2 atom stereocenters. The van der Waals surface area contributed by atoms with Gasteiger partial charge in [0.05, 0.1) is 11.3 Å². The van der Waals surface area contributed by atoms with Crippen molar-refractivity contribution in [2.24, 2.45) is 0 Å². The number of phenols is 1. The first-order valence-electron chi connectivity index (χ1n) is 9.55. The smallest absolute Gasteiger partial charge is 0.233 e. The molecule has 1 aromatic heterocycles. The summed E-state index contributed by atoms with van der Waals surface area (Å²) in [6.07, 6.45) is 1.02. The minimum Gasteiger partial charge on any atom is -0.508 e. The molecule has 146 valence electrons. The lowest BCUT2D eigenvalue weighted by Crippen LogP contribution is -2.29. The van der Waals surface area contributed by atoms with Crippen molar-refractivity contribution in [1.29, 1.82) is 0 Å². The number of anilines is 1. The Hall–Kier alpha value is -3.41. The molecule has 0 radical (unpaired) electrons. The van der Waals surface area contributed by atoms with Crippen LogP contribution in [0.3, 0.4) is 0 Å². The van der Waals surface area contributed by atoms with Gasteiger partial charge in [-0.2, -0.15) is 0 Å². The van der Waals surface area contributed by atoms with E-state index in [2.05, 4.69) is 10.5 Å². The number of rotatable bonds is 2. The van der Waals surface area contributed by atoms with E-state index in [-0.39, 0.29) is 29.2 Å². The van der Waals surface area contributed by atoms with Crippen molar-refractivity contribution < 1.29 is 18.8 Å². The lowest BCUT2D eigenvalue weighted by atomic mass is 9.72. The number of benzene rings is 2. The number of fused-ring (bicyclic) bond motifs is 1. The molecular weight excluding hydrogens is 371 g/mol. The van der Waals surface area contributed by atoms with Crippen LogP contribution in [0, 0.1) is 12.7 Å². The summed E-state index contributed by atoms with van der Waals surface area (Å²) in [5.74, 6) is 0.147. The number of hydrogen-bond donors (Lipinski definition) is 2. The van der Waals surface area contributed by atoms with Crippen molar-refractivity contribution in [3.05, 3.63) is 88.0 Å². The number of hydrogen-bond acceptors (Lipinski definition) is 5. The zero-order valence-corrected chi connectivity index (χ0v) is 15.8. The number of allylic oxidation sites excluding steroid dienone is 2. The SMILES string of the molecule is Cc1noc2c1C(c1ccc(F)cc1)C1=C(CC(c3ccc(O)cc3)CC1=O)N2. The Morgan fingerprint density at radius 3 is 2.48 bits per heavy atom. The molecule has 5 nitrogen and oxygen atoms in total. The molecule has 0 saturated carbocycles. The van der Waals surface area contributed by atoms with Gasteiger partial charge in [0.1, 0.15) is 11.6 Å². The molecule has 5 rings (SSSR count). The summed E-state index contributed by atoms with van der Waals surface area (Å²) in [6, 6.07) is 13.2. The minimum atomic E-state index is -0.332. The molecular formula is C23H19FN2O3. The molecule has 6 heteroatoms. The van der Waals surface area contributed by atoms with Crippen LogP contribution in [0.4, 0.5) is 10.3 Å². The van der Waals surface area contributed by atoms with Crippen LogP contribution < -0.4 is 5.32 Å². The number of Topliss-reactive ketones (excluding diaryl/α,β-unsaturated/α-hetero) is 1. The standard InChI is InChI=1S/C23H19FN2O3/c1-12-20-21(14-2-6-16(24)7-3-14)22-18(25-23(20)29-26-12)10-15(11-19(22)28)13-4-8-17(27)9-5-13/h2-9,15,21,25,27H,10-11H2,1H3. The molecule has 29 heavy (non-hydrogen) atoms. The number of halogens is 1. The molecule has 2 aromatic carbocycles.